The van der Waals surface area contributed by atoms with E-state index in [1.807, 2.05) is 24.8 Å². The first-order valence-electron chi connectivity index (χ1n) is 5.86. The van der Waals surface area contributed by atoms with E-state index >= 15 is 0 Å². The predicted molar refractivity (Wildman–Crippen MR) is 68.4 cm³/mol. The molecule has 2 heterocycles. The van der Waals surface area contributed by atoms with Crippen molar-refractivity contribution in [1.82, 2.24) is 9.97 Å². The van der Waals surface area contributed by atoms with E-state index in [1.165, 1.54) is 11.1 Å². The van der Waals surface area contributed by atoms with Crippen LogP contribution in [0.3, 0.4) is 0 Å². The van der Waals surface area contributed by atoms with Crippen molar-refractivity contribution in [2.24, 2.45) is 11.7 Å². The summed E-state index contributed by atoms with van der Waals surface area (Å²) >= 11 is 0. The average molecular weight is 227 g/mol. The summed E-state index contributed by atoms with van der Waals surface area (Å²) in [4.78, 5) is 8.05. The first-order chi connectivity index (χ1) is 8.38. The van der Waals surface area contributed by atoms with Gasteiger partial charge in [0.1, 0.15) is 0 Å². The molecule has 0 fully saturated rings. The average Bonchev–Trinajstić information content (AvgIpc) is 2.40. The van der Waals surface area contributed by atoms with Gasteiger partial charge in [0.2, 0.25) is 0 Å². The van der Waals surface area contributed by atoms with Crippen LogP contribution >= 0.6 is 0 Å². The molecule has 2 N–H and O–H groups in total. The minimum absolute atomic E-state index is 0.472. The van der Waals surface area contributed by atoms with Gasteiger partial charge in [-0.1, -0.05) is 0 Å². The van der Waals surface area contributed by atoms with Gasteiger partial charge < -0.3 is 5.73 Å². The third-order valence-electron chi connectivity index (χ3n) is 2.88. The monoisotopic (exact) mass is 227 g/mol. The van der Waals surface area contributed by atoms with Crippen LogP contribution in [-0.2, 0) is 12.8 Å². The second kappa shape index (κ2) is 6.11. The first-order valence-corrected chi connectivity index (χ1v) is 5.86. The minimum Gasteiger partial charge on any atom is -0.330 e. The number of rotatable bonds is 5. The van der Waals surface area contributed by atoms with Crippen molar-refractivity contribution in [3.63, 3.8) is 0 Å². The van der Waals surface area contributed by atoms with Crippen molar-refractivity contribution in [3.8, 4) is 0 Å². The van der Waals surface area contributed by atoms with E-state index in [0.29, 0.717) is 12.5 Å². The molecule has 0 unspecified atom stereocenters. The van der Waals surface area contributed by atoms with Crippen LogP contribution in [0.25, 0.3) is 0 Å². The number of pyridine rings is 2. The summed E-state index contributed by atoms with van der Waals surface area (Å²) in [5.74, 6) is 0.472. The zero-order chi connectivity index (χ0) is 11.9. The Morgan fingerprint density at radius 1 is 0.824 bits per heavy atom. The molecule has 2 aromatic rings. The molecular formula is C14H17N3. The highest BCUT2D eigenvalue weighted by atomic mass is 14.6. The first kappa shape index (κ1) is 11.7. The summed E-state index contributed by atoms with van der Waals surface area (Å²) in [6.07, 6.45) is 9.32. The molecule has 0 atom stereocenters. The van der Waals surface area contributed by atoms with Crippen molar-refractivity contribution in [2.75, 3.05) is 6.54 Å². The summed E-state index contributed by atoms with van der Waals surface area (Å²) in [5.41, 5.74) is 8.43. The van der Waals surface area contributed by atoms with Crippen LogP contribution < -0.4 is 5.73 Å². The van der Waals surface area contributed by atoms with Crippen LogP contribution in [0.4, 0.5) is 0 Å². The molecule has 0 radical (unpaired) electrons. The predicted octanol–water partition coefficient (Wildman–Crippen LogP) is 1.84. The number of aromatic nitrogens is 2. The van der Waals surface area contributed by atoms with E-state index in [4.69, 9.17) is 5.73 Å². The molecule has 2 rings (SSSR count). The van der Waals surface area contributed by atoms with Gasteiger partial charge in [0.25, 0.3) is 0 Å². The second-order valence-electron chi connectivity index (χ2n) is 4.22. The Morgan fingerprint density at radius 2 is 1.24 bits per heavy atom. The maximum Gasteiger partial charge on any atom is 0.0270 e. The molecule has 0 aliphatic heterocycles. The van der Waals surface area contributed by atoms with E-state index < -0.39 is 0 Å². The SMILES string of the molecule is NCC(Cc1ccncc1)Cc1ccncc1. The molecule has 0 bridgehead atoms. The lowest BCUT2D eigenvalue weighted by atomic mass is 9.93. The summed E-state index contributed by atoms with van der Waals surface area (Å²) in [6.45, 7) is 0.699. The lowest BCUT2D eigenvalue weighted by Gasteiger charge is -2.14. The van der Waals surface area contributed by atoms with Crippen LogP contribution in [-0.4, -0.2) is 16.5 Å². The quantitative estimate of drug-likeness (QED) is 0.848. The lowest BCUT2D eigenvalue weighted by molar-refractivity contribution is 0.533. The molecule has 3 nitrogen and oxygen atoms in total. The number of hydrogen-bond donors (Lipinski definition) is 1. The fraction of sp³-hybridized carbons (Fsp3) is 0.286. The Morgan fingerprint density at radius 3 is 1.59 bits per heavy atom. The highest BCUT2D eigenvalue weighted by molar-refractivity contribution is 5.14. The molecule has 17 heavy (non-hydrogen) atoms. The smallest absolute Gasteiger partial charge is 0.0270 e. The summed E-state index contributed by atoms with van der Waals surface area (Å²) in [5, 5.41) is 0. The Bertz CT molecular complexity index is 386. The van der Waals surface area contributed by atoms with E-state index in [9.17, 15) is 0 Å². The van der Waals surface area contributed by atoms with Gasteiger partial charge in [-0.15, -0.1) is 0 Å². The van der Waals surface area contributed by atoms with Crippen LogP contribution in [0, 0.1) is 5.92 Å². The largest absolute Gasteiger partial charge is 0.330 e. The van der Waals surface area contributed by atoms with Crippen molar-refractivity contribution in [1.29, 1.82) is 0 Å². The molecule has 0 amide bonds. The van der Waals surface area contributed by atoms with Gasteiger partial charge >= 0.3 is 0 Å². The normalized spacial score (nSPS) is 10.7. The molecule has 0 aliphatic carbocycles. The van der Waals surface area contributed by atoms with Gasteiger partial charge in [0.05, 0.1) is 0 Å². The molecule has 0 aromatic carbocycles. The third-order valence-corrected chi connectivity index (χ3v) is 2.88. The lowest BCUT2D eigenvalue weighted by Crippen LogP contribution is -2.19. The highest BCUT2D eigenvalue weighted by Crippen LogP contribution is 2.12. The molecule has 3 heteroatoms. The third kappa shape index (κ3) is 3.64. The van der Waals surface area contributed by atoms with Gasteiger partial charge in [-0.05, 0) is 60.7 Å². The van der Waals surface area contributed by atoms with Gasteiger partial charge in [-0.2, -0.15) is 0 Å². The minimum atomic E-state index is 0.472. The summed E-state index contributed by atoms with van der Waals surface area (Å²) in [7, 11) is 0. The van der Waals surface area contributed by atoms with Crippen LogP contribution in [0.5, 0.6) is 0 Å². The molecule has 2 aromatic heterocycles. The summed E-state index contributed by atoms with van der Waals surface area (Å²) < 4.78 is 0. The van der Waals surface area contributed by atoms with Crippen molar-refractivity contribution in [3.05, 3.63) is 60.2 Å². The van der Waals surface area contributed by atoms with Gasteiger partial charge in [-0.3, -0.25) is 9.97 Å². The number of nitrogens with zero attached hydrogens (tertiary/aromatic N) is 2. The van der Waals surface area contributed by atoms with Crippen molar-refractivity contribution in [2.45, 2.75) is 12.8 Å². The van der Waals surface area contributed by atoms with Gasteiger partial charge in [0, 0.05) is 24.8 Å². The zero-order valence-electron chi connectivity index (χ0n) is 9.79. The van der Waals surface area contributed by atoms with E-state index in [0.717, 1.165) is 12.8 Å². The number of nitrogens with two attached hydrogens (primary N) is 1. The highest BCUT2D eigenvalue weighted by Gasteiger charge is 2.08. The maximum absolute atomic E-state index is 5.84. The molecule has 0 aliphatic rings. The Labute approximate surface area is 102 Å². The Balaban J connectivity index is 1.98. The standard InChI is InChI=1S/C14H17N3/c15-11-14(9-12-1-5-16-6-2-12)10-13-3-7-17-8-4-13/h1-8,14H,9-11,15H2. The zero-order valence-corrected chi connectivity index (χ0v) is 9.79. The van der Waals surface area contributed by atoms with Crippen LogP contribution in [0.15, 0.2) is 49.1 Å². The van der Waals surface area contributed by atoms with E-state index in [1.54, 1.807) is 0 Å². The fourth-order valence-electron chi connectivity index (χ4n) is 1.94. The Hall–Kier alpha value is -1.74. The van der Waals surface area contributed by atoms with E-state index in [-0.39, 0.29) is 0 Å². The van der Waals surface area contributed by atoms with Crippen LogP contribution in [0.1, 0.15) is 11.1 Å². The molecular weight excluding hydrogens is 210 g/mol. The molecule has 0 spiro atoms. The molecule has 88 valence electrons. The van der Waals surface area contributed by atoms with Gasteiger partial charge in [-0.25, -0.2) is 0 Å². The number of hydrogen-bond acceptors (Lipinski definition) is 3. The fourth-order valence-corrected chi connectivity index (χ4v) is 1.94. The van der Waals surface area contributed by atoms with Crippen molar-refractivity contribution < 1.29 is 0 Å². The maximum atomic E-state index is 5.84. The molecule has 0 saturated carbocycles. The van der Waals surface area contributed by atoms with E-state index in [2.05, 4.69) is 34.2 Å². The summed E-state index contributed by atoms with van der Waals surface area (Å²) in [6, 6.07) is 8.20. The van der Waals surface area contributed by atoms with Crippen LogP contribution in [0.2, 0.25) is 0 Å². The topological polar surface area (TPSA) is 51.8 Å². The molecule has 0 saturated heterocycles. The van der Waals surface area contributed by atoms with Crippen molar-refractivity contribution >= 4 is 0 Å². The second-order valence-corrected chi connectivity index (χ2v) is 4.22. The van der Waals surface area contributed by atoms with Gasteiger partial charge in [0.15, 0.2) is 0 Å². The Kier molecular flexibility index (Phi) is 4.22.